The van der Waals surface area contributed by atoms with Crippen molar-refractivity contribution < 1.29 is 4.79 Å². The van der Waals surface area contributed by atoms with Gasteiger partial charge in [-0.3, -0.25) is 4.79 Å². The van der Waals surface area contributed by atoms with E-state index in [4.69, 9.17) is 0 Å². The number of carbonyl (C=O) groups excluding carboxylic acids is 1. The van der Waals surface area contributed by atoms with Crippen molar-refractivity contribution in [2.24, 2.45) is 0 Å². The molecule has 1 aromatic heterocycles. The number of amides is 1. The molecule has 0 bridgehead atoms. The van der Waals surface area contributed by atoms with E-state index in [2.05, 4.69) is 39.5 Å². The van der Waals surface area contributed by atoms with Crippen LogP contribution in [0.25, 0.3) is 0 Å². The molecule has 0 unspecified atom stereocenters. The predicted octanol–water partition coefficient (Wildman–Crippen LogP) is 3.79. The lowest BCUT2D eigenvalue weighted by Gasteiger charge is -2.36. The fourth-order valence-electron chi connectivity index (χ4n) is 4.06. The van der Waals surface area contributed by atoms with Crippen molar-refractivity contribution in [2.45, 2.75) is 38.1 Å². The van der Waals surface area contributed by atoms with Gasteiger partial charge in [0.1, 0.15) is 5.69 Å². The maximum atomic E-state index is 12.8. The standard InChI is InChI=1S/C22H28N4O/c27-22(26-15-13-25(14-16-26)20-9-5-2-6-10-20)21-12-11-19(17-23-21)24-18-7-3-1-4-8-18/h2,5-6,9-12,17-18,24H,1,3-4,7-8,13-16H2. The van der Waals surface area contributed by atoms with E-state index in [1.165, 1.54) is 37.8 Å². The zero-order valence-corrected chi connectivity index (χ0v) is 15.8. The molecule has 1 saturated heterocycles. The van der Waals surface area contributed by atoms with Crippen molar-refractivity contribution in [2.75, 3.05) is 36.4 Å². The van der Waals surface area contributed by atoms with Crippen LogP contribution in [-0.4, -0.2) is 48.0 Å². The van der Waals surface area contributed by atoms with Crippen molar-refractivity contribution in [3.05, 3.63) is 54.4 Å². The highest BCUT2D eigenvalue weighted by molar-refractivity contribution is 5.92. The number of hydrogen-bond donors (Lipinski definition) is 1. The molecule has 2 aliphatic rings. The van der Waals surface area contributed by atoms with Gasteiger partial charge in [0.25, 0.3) is 5.91 Å². The van der Waals surface area contributed by atoms with E-state index in [-0.39, 0.29) is 5.91 Å². The van der Waals surface area contributed by atoms with Crippen molar-refractivity contribution in [3.63, 3.8) is 0 Å². The van der Waals surface area contributed by atoms with E-state index in [1.54, 1.807) is 0 Å². The molecular weight excluding hydrogens is 336 g/mol. The van der Waals surface area contributed by atoms with E-state index in [9.17, 15) is 4.79 Å². The maximum absolute atomic E-state index is 12.8. The fraction of sp³-hybridized carbons (Fsp3) is 0.455. The molecule has 1 N–H and O–H groups in total. The summed E-state index contributed by atoms with van der Waals surface area (Å²) < 4.78 is 0. The summed E-state index contributed by atoms with van der Waals surface area (Å²) in [5, 5.41) is 3.56. The smallest absolute Gasteiger partial charge is 0.272 e. The van der Waals surface area contributed by atoms with Gasteiger partial charge in [-0.2, -0.15) is 0 Å². The molecule has 1 aliphatic heterocycles. The molecule has 5 heteroatoms. The van der Waals surface area contributed by atoms with E-state index in [1.807, 2.05) is 29.3 Å². The number of aromatic nitrogens is 1. The molecule has 1 aliphatic carbocycles. The Hall–Kier alpha value is -2.56. The van der Waals surface area contributed by atoms with Gasteiger partial charge in [-0.15, -0.1) is 0 Å². The molecule has 5 nitrogen and oxygen atoms in total. The highest BCUT2D eigenvalue weighted by Gasteiger charge is 2.23. The van der Waals surface area contributed by atoms with Crippen molar-refractivity contribution in [1.29, 1.82) is 0 Å². The average Bonchev–Trinajstić information content (AvgIpc) is 2.75. The van der Waals surface area contributed by atoms with Gasteiger partial charge in [0.2, 0.25) is 0 Å². The lowest BCUT2D eigenvalue weighted by atomic mass is 9.95. The lowest BCUT2D eigenvalue weighted by molar-refractivity contribution is 0.0741. The lowest BCUT2D eigenvalue weighted by Crippen LogP contribution is -2.49. The molecule has 2 fully saturated rings. The van der Waals surface area contributed by atoms with Gasteiger partial charge in [0, 0.05) is 37.9 Å². The van der Waals surface area contributed by atoms with E-state index in [0.29, 0.717) is 11.7 Å². The number of pyridine rings is 1. The first-order valence-electron chi connectivity index (χ1n) is 10.1. The Bertz CT molecular complexity index is 733. The minimum Gasteiger partial charge on any atom is -0.381 e. The van der Waals surface area contributed by atoms with Crippen LogP contribution in [-0.2, 0) is 0 Å². The first kappa shape index (κ1) is 17.8. The second kappa shape index (κ2) is 8.42. The highest BCUT2D eigenvalue weighted by atomic mass is 16.2. The molecule has 1 aromatic carbocycles. The van der Waals surface area contributed by atoms with Crippen molar-refractivity contribution in [3.8, 4) is 0 Å². The normalized spacial score (nSPS) is 18.4. The zero-order valence-electron chi connectivity index (χ0n) is 15.8. The fourth-order valence-corrected chi connectivity index (χ4v) is 4.06. The second-order valence-corrected chi connectivity index (χ2v) is 7.53. The monoisotopic (exact) mass is 364 g/mol. The van der Waals surface area contributed by atoms with Crippen LogP contribution in [0.4, 0.5) is 11.4 Å². The van der Waals surface area contributed by atoms with E-state index < -0.39 is 0 Å². The summed E-state index contributed by atoms with van der Waals surface area (Å²) in [6.45, 7) is 3.18. The van der Waals surface area contributed by atoms with Gasteiger partial charge in [-0.25, -0.2) is 4.98 Å². The van der Waals surface area contributed by atoms with Crippen LogP contribution >= 0.6 is 0 Å². The molecule has 2 heterocycles. The maximum Gasteiger partial charge on any atom is 0.272 e. The summed E-state index contributed by atoms with van der Waals surface area (Å²) in [7, 11) is 0. The number of nitrogens with zero attached hydrogens (tertiary/aromatic N) is 3. The summed E-state index contributed by atoms with van der Waals surface area (Å²) in [5.41, 5.74) is 2.78. The van der Waals surface area contributed by atoms with Gasteiger partial charge in [0.15, 0.2) is 0 Å². The Morgan fingerprint density at radius 3 is 2.33 bits per heavy atom. The number of para-hydroxylation sites is 1. The van der Waals surface area contributed by atoms with Crippen LogP contribution in [0.5, 0.6) is 0 Å². The summed E-state index contributed by atoms with van der Waals surface area (Å²) in [6, 6.07) is 14.8. The third-order valence-corrected chi connectivity index (χ3v) is 5.65. The zero-order chi connectivity index (χ0) is 18.5. The van der Waals surface area contributed by atoms with E-state index >= 15 is 0 Å². The molecule has 1 saturated carbocycles. The molecule has 1 amide bonds. The van der Waals surface area contributed by atoms with Gasteiger partial charge in [-0.1, -0.05) is 37.5 Å². The summed E-state index contributed by atoms with van der Waals surface area (Å²) in [6.07, 6.45) is 8.22. The van der Waals surface area contributed by atoms with Crippen molar-refractivity contribution in [1.82, 2.24) is 9.88 Å². The number of carbonyl (C=O) groups is 1. The van der Waals surface area contributed by atoms with Gasteiger partial charge < -0.3 is 15.1 Å². The molecule has 4 rings (SSSR count). The molecule has 27 heavy (non-hydrogen) atoms. The van der Waals surface area contributed by atoms with Gasteiger partial charge >= 0.3 is 0 Å². The number of benzene rings is 1. The third-order valence-electron chi connectivity index (χ3n) is 5.65. The summed E-state index contributed by atoms with van der Waals surface area (Å²) in [5.74, 6) is 0.0342. The van der Waals surface area contributed by atoms with Gasteiger partial charge in [0.05, 0.1) is 11.9 Å². The average molecular weight is 364 g/mol. The van der Waals surface area contributed by atoms with E-state index in [0.717, 1.165) is 31.9 Å². The van der Waals surface area contributed by atoms with Crippen LogP contribution in [0.15, 0.2) is 48.7 Å². The summed E-state index contributed by atoms with van der Waals surface area (Å²) >= 11 is 0. The first-order chi connectivity index (χ1) is 13.3. The highest BCUT2D eigenvalue weighted by Crippen LogP contribution is 2.22. The minimum absolute atomic E-state index is 0.0342. The Morgan fingerprint density at radius 2 is 1.67 bits per heavy atom. The number of hydrogen-bond acceptors (Lipinski definition) is 4. The third kappa shape index (κ3) is 4.41. The minimum atomic E-state index is 0.0342. The molecule has 0 atom stereocenters. The van der Waals surface area contributed by atoms with Crippen LogP contribution in [0.2, 0.25) is 0 Å². The SMILES string of the molecule is O=C(c1ccc(NC2CCCCC2)cn1)N1CCN(c2ccccc2)CC1. The Morgan fingerprint density at radius 1 is 0.926 bits per heavy atom. The molecule has 2 aromatic rings. The predicted molar refractivity (Wildman–Crippen MR) is 109 cm³/mol. The molecular formula is C22H28N4O. The number of nitrogens with one attached hydrogen (secondary N) is 1. The topological polar surface area (TPSA) is 48.5 Å². The molecule has 142 valence electrons. The second-order valence-electron chi connectivity index (χ2n) is 7.53. The van der Waals surface area contributed by atoms with Crippen LogP contribution in [0.1, 0.15) is 42.6 Å². The molecule has 0 spiro atoms. The largest absolute Gasteiger partial charge is 0.381 e. The number of anilines is 2. The first-order valence-corrected chi connectivity index (χ1v) is 10.1. The Labute approximate surface area is 161 Å². The molecule has 0 radical (unpaired) electrons. The quantitative estimate of drug-likeness (QED) is 0.897. The van der Waals surface area contributed by atoms with Gasteiger partial charge in [-0.05, 0) is 37.1 Å². The van der Waals surface area contributed by atoms with Crippen LogP contribution in [0, 0.1) is 0 Å². The van der Waals surface area contributed by atoms with Crippen LogP contribution < -0.4 is 10.2 Å². The Kier molecular flexibility index (Phi) is 5.56. The van der Waals surface area contributed by atoms with Crippen LogP contribution in [0.3, 0.4) is 0 Å². The Balaban J connectivity index is 1.32. The summed E-state index contributed by atoms with van der Waals surface area (Å²) in [4.78, 5) is 21.4. The number of piperazine rings is 1. The number of rotatable bonds is 4. The van der Waals surface area contributed by atoms with Crippen molar-refractivity contribution >= 4 is 17.3 Å².